The van der Waals surface area contributed by atoms with Gasteiger partial charge in [0.1, 0.15) is 5.60 Å². The first kappa shape index (κ1) is 17.1. The number of anilines is 1. The molecule has 0 saturated carbocycles. The van der Waals surface area contributed by atoms with E-state index in [2.05, 4.69) is 10.6 Å². The first-order valence-electron chi connectivity index (χ1n) is 6.72. The maximum absolute atomic E-state index is 11.4. The summed E-state index contributed by atoms with van der Waals surface area (Å²) in [4.78, 5) is 11.4. The van der Waals surface area contributed by atoms with Gasteiger partial charge in [0.15, 0.2) is 0 Å². The van der Waals surface area contributed by atoms with Crippen LogP contribution in [0.25, 0.3) is 0 Å². The minimum atomic E-state index is -0.488. The van der Waals surface area contributed by atoms with E-state index in [-0.39, 0.29) is 0 Å². The van der Waals surface area contributed by atoms with Crippen LogP contribution in [-0.4, -0.2) is 24.8 Å². The summed E-state index contributed by atoms with van der Waals surface area (Å²) in [7, 11) is 0. The van der Waals surface area contributed by atoms with Crippen LogP contribution < -0.4 is 10.6 Å². The summed E-state index contributed by atoms with van der Waals surface area (Å²) >= 11 is 6.04. The molecule has 1 aromatic carbocycles. The molecule has 6 heteroatoms. The molecule has 0 radical (unpaired) electrons. The minimum Gasteiger partial charge on any atom is -0.444 e. The second-order valence-corrected chi connectivity index (χ2v) is 5.92. The predicted octanol–water partition coefficient (Wildman–Crippen LogP) is 3.54. The van der Waals surface area contributed by atoms with Crippen LogP contribution >= 0.6 is 11.6 Å². The number of halogens is 1. The zero-order chi connectivity index (χ0) is 15.9. The molecule has 1 aromatic rings. The summed E-state index contributed by atoms with van der Waals surface area (Å²) in [5.41, 5.74) is 0.809. The standard InChI is InChI=1S/C15H20ClN3O2/c1-15(2,3)21-14(20)19-8-4-7-18-13-6-5-11(10-17)9-12(13)16/h5-6,9,18H,4,7-8H2,1-3H3,(H,19,20). The van der Waals surface area contributed by atoms with Gasteiger partial charge in [0.2, 0.25) is 0 Å². The van der Waals surface area contributed by atoms with Gasteiger partial charge in [0.25, 0.3) is 0 Å². The molecule has 21 heavy (non-hydrogen) atoms. The lowest BCUT2D eigenvalue weighted by Gasteiger charge is -2.19. The average molecular weight is 310 g/mol. The highest BCUT2D eigenvalue weighted by Crippen LogP contribution is 2.22. The summed E-state index contributed by atoms with van der Waals surface area (Å²) in [6.45, 7) is 6.63. The maximum atomic E-state index is 11.4. The molecule has 2 N–H and O–H groups in total. The van der Waals surface area contributed by atoms with Crippen molar-refractivity contribution in [3.05, 3.63) is 28.8 Å². The van der Waals surface area contributed by atoms with E-state index in [0.717, 1.165) is 12.1 Å². The Morgan fingerprint density at radius 3 is 2.67 bits per heavy atom. The molecule has 0 fully saturated rings. The Bertz CT molecular complexity index is 533. The van der Waals surface area contributed by atoms with Crippen LogP contribution in [0.3, 0.4) is 0 Å². The number of hydrogen-bond donors (Lipinski definition) is 2. The van der Waals surface area contributed by atoms with Gasteiger partial charge >= 0.3 is 6.09 Å². The maximum Gasteiger partial charge on any atom is 0.407 e. The van der Waals surface area contributed by atoms with Crippen molar-refractivity contribution in [3.63, 3.8) is 0 Å². The summed E-state index contributed by atoms with van der Waals surface area (Å²) in [5, 5.41) is 15.1. The quantitative estimate of drug-likeness (QED) is 0.816. The van der Waals surface area contributed by atoms with Gasteiger partial charge in [-0.3, -0.25) is 0 Å². The van der Waals surface area contributed by atoms with E-state index in [1.54, 1.807) is 18.2 Å². The smallest absolute Gasteiger partial charge is 0.407 e. The van der Waals surface area contributed by atoms with Gasteiger partial charge in [0.05, 0.1) is 22.3 Å². The Morgan fingerprint density at radius 1 is 1.38 bits per heavy atom. The number of carbonyl (C=O) groups excluding carboxylic acids is 1. The van der Waals surface area contributed by atoms with Crippen molar-refractivity contribution in [2.45, 2.75) is 32.8 Å². The average Bonchev–Trinajstić information content (AvgIpc) is 2.37. The fourth-order valence-electron chi connectivity index (χ4n) is 1.54. The molecule has 0 unspecified atom stereocenters. The van der Waals surface area contributed by atoms with Crippen LogP contribution in [0.1, 0.15) is 32.8 Å². The Balaban J connectivity index is 2.26. The van der Waals surface area contributed by atoms with Crippen molar-refractivity contribution in [1.29, 1.82) is 5.26 Å². The van der Waals surface area contributed by atoms with Gasteiger partial charge < -0.3 is 15.4 Å². The highest BCUT2D eigenvalue weighted by atomic mass is 35.5. The van der Waals surface area contributed by atoms with Crippen LogP contribution in [0, 0.1) is 11.3 Å². The van der Waals surface area contributed by atoms with Crippen LogP contribution in [0.5, 0.6) is 0 Å². The number of hydrogen-bond acceptors (Lipinski definition) is 4. The van der Waals surface area contributed by atoms with Crippen molar-refractivity contribution in [1.82, 2.24) is 5.32 Å². The third-order valence-electron chi connectivity index (χ3n) is 2.44. The van der Waals surface area contributed by atoms with E-state index in [4.69, 9.17) is 21.6 Å². The fourth-order valence-corrected chi connectivity index (χ4v) is 1.79. The number of amides is 1. The molecule has 0 saturated heterocycles. The summed E-state index contributed by atoms with van der Waals surface area (Å²) in [6.07, 6.45) is 0.314. The molecule has 0 spiro atoms. The first-order valence-corrected chi connectivity index (χ1v) is 7.10. The second kappa shape index (κ2) is 7.75. The van der Waals surface area contributed by atoms with Crippen molar-refractivity contribution in [3.8, 4) is 6.07 Å². The predicted molar refractivity (Wildman–Crippen MR) is 83.5 cm³/mol. The van der Waals surface area contributed by atoms with Crippen molar-refractivity contribution in [2.75, 3.05) is 18.4 Å². The lowest BCUT2D eigenvalue weighted by molar-refractivity contribution is 0.0528. The van der Waals surface area contributed by atoms with Gasteiger partial charge in [-0.25, -0.2) is 4.79 Å². The number of rotatable bonds is 5. The molecule has 0 bridgehead atoms. The van der Waals surface area contributed by atoms with Gasteiger partial charge in [-0.05, 0) is 45.4 Å². The van der Waals surface area contributed by atoms with Crippen molar-refractivity contribution < 1.29 is 9.53 Å². The van der Waals surface area contributed by atoms with Gasteiger partial charge in [0, 0.05) is 13.1 Å². The number of nitrogens with one attached hydrogen (secondary N) is 2. The van der Waals surface area contributed by atoms with Crippen molar-refractivity contribution in [2.24, 2.45) is 0 Å². The second-order valence-electron chi connectivity index (χ2n) is 5.52. The largest absolute Gasteiger partial charge is 0.444 e. The number of nitrogens with zero attached hydrogens (tertiary/aromatic N) is 1. The lowest BCUT2D eigenvalue weighted by Crippen LogP contribution is -2.33. The highest BCUT2D eigenvalue weighted by molar-refractivity contribution is 6.33. The molecule has 0 atom stereocenters. The Kier molecular flexibility index (Phi) is 6.32. The number of carbonyl (C=O) groups is 1. The number of benzene rings is 1. The third kappa shape index (κ3) is 6.87. The lowest BCUT2D eigenvalue weighted by atomic mass is 10.2. The van der Waals surface area contributed by atoms with E-state index in [1.165, 1.54) is 0 Å². The molecule has 5 nitrogen and oxygen atoms in total. The molecule has 0 aromatic heterocycles. The van der Waals surface area contributed by atoms with Crippen molar-refractivity contribution >= 4 is 23.4 Å². The number of ether oxygens (including phenoxy) is 1. The molecular formula is C15H20ClN3O2. The van der Waals surface area contributed by atoms with Gasteiger partial charge in [-0.1, -0.05) is 11.6 Å². The summed E-state index contributed by atoms with van der Waals surface area (Å²) < 4.78 is 5.13. The highest BCUT2D eigenvalue weighted by Gasteiger charge is 2.15. The fraction of sp³-hybridized carbons (Fsp3) is 0.467. The van der Waals surface area contributed by atoms with Crippen LogP contribution in [-0.2, 0) is 4.74 Å². The van der Waals surface area contributed by atoms with E-state index >= 15 is 0 Å². The molecule has 0 aliphatic heterocycles. The van der Waals surface area contributed by atoms with E-state index < -0.39 is 11.7 Å². The van der Waals surface area contributed by atoms with E-state index in [0.29, 0.717) is 23.7 Å². The van der Waals surface area contributed by atoms with Crippen LogP contribution in [0.15, 0.2) is 18.2 Å². The normalized spacial score (nSPS) is 10.6. The Labute approximate surface area is 130 Å². The SMILES string of the molecule is CC(C)(C)OC(=O)NCCCNc1ccc(C#N)cc1Cl. The monoisotopic (exact) mass is 309 g/mol. The van der Waals surface area contributed by atoms with Crippen LogP contribution in [0.4, 0.5) is 10.5 Å². The van der Waals surface area contributed by atoms with E-state index in [1.807, 2.05) is 26.8 Å². The number of alkyl carbamates (subject to hydrolysis) is 1. The van der Waals surface area contributed by atoms with Gasteiger partial charge in [-0.2, -0.15) is 5.26 Å². The van der Waals surface area contributed by atoms with Gasteiger partial charge in [-0.15, -0.1) is 0 Å². The minimum absolute atomic E-state index is 0.418. The zero-order valence-electron chi connectivity index (χ0n) is 12.5. The van der Waals surface area contributed by atoms with E-state index in [9.17, 15) is 4.79 Å². The topological polar surface area (TPSA) is 74.2 Å². The third-order valence-corrected chi connectivity index (χ3v) is 2.75. The molecule has 1 rings (SSSR count). The molecule has 0 heterocycles. The molecule has 0 aliphatic carbocycles. The first-order chi connectivity index (χ1) is 9.81. The molecule has 1 amide bonds. The number of nitriles is 1. The molecular weight excluding hydrogens is 290 g/mol. The molecule has 114 valence electrons. The Hall–Kier alpha value is -1.93. The molecule has 0 aliphatic rings. The Morgan fingerprint density at radius 2 is 2.10 bits per heavy atom. The summed E-state index contributed by atoms with van der Waals surface area (Å²) in [6, 6.07) is 7.11. The summed E-state index contributed by atoms with van der Waals surface area (Å²) in [5.74, 6) is 0. The zero-order valence-corrected chi connectivity index (χ0v) is 13.3. The van der Waals surface area contributed by atoms with Crippen LogP contribution in [0.2, 0.25) is 5.02 Å².